The number of ketones is 2. The molecular weight excluding hydrogens is 536 g/mol. The van der Waals surface area contributed by atoms with Crippen LogP contribution in [0.3, 0.4) is 0 Å². The van der Waals surface area contributed by atoms with Crippen molar-refractivity contribution in [3.8, 4) is 0 Å². The number of Topliss-reactive ketones (excluding diaryl/α,β-unsaturated/α-hetero) is 2. The second kappa shape index (κ2) is 17.6. The van der Waals surface area contributed by atoms with Crippen molar-refractivity contribution in [2.45, 2.75) is 142 Å². The average Bonchev–Trinajstić information content (AvgIpc) is 3.28. The van der Waals surface area contributed by atoms with Gasteiger partial charge in [0, 0.05) is 13.1 Å². The highest BCUT2D eigenvalue weighted by Gasteiger charge is 2.40. The maximum Gasteiger partial charge on any atom is 0.408 e. The Kier molecular flexibility index (Phi) is 14.9. The second-order valence-corrected chi connectivity index (χ2v) is 13.6. The van der Waals surface area contributed by atoms with Crippen LogP contribution in [-0.4, -0.2) is 77.7 Å². The van der Waals surface area contributed by atoms with Crippen LogP contribution in [0.5, 0.6) is 0 Å². The van der Waals surface area contributed by atoms with Crippen LogP contribution in [0.1, 0.15) is 119 Å². The molecule has 10 nitrogen and oxygen atoms in total. The predicted octanol–water partition coefficient (Wildman–Crippen LogP) is 4.29. The summed E-state index contributed by atoms with van der Waals surface area (Å²) >= 11 is 0. The second-order valence-electron chi connectivity index (χ2n) is 13.6. The third kappa shape index (κ3) is 12.8. The smallest absolute Gasteiger partial charge is 0.408 e. The highest BCUT2D eigenvalue weighted by atomic mass is 16.6. The van der Waals surface area contributed by atoms with Crippen LogP contribution in [0.15, 0.2) is 0 Å². The molecule has 0 aliphatic carbocycles. The molecule has 42 heavy (non-hydrogen) atoms. The zero-order valence-corrected chi connectivity index (χ0v) is 26.9. The maximum absolute atomic E-state index is 13.7. The van der Waals surface area contributed by atoms with Crippen LogP contribution in [0, 0.1) is 11.8 Å². The fourth-order valence-electron chi connectivity index (χ4n) is 5.96. The zero-order chi connectivity index (χ0) is 31.3. The third-order valence-electron chi connectivity index (χ3n) is 7.91. The average molecular weight is 593 g/mol. The van der Waals surface area contributed by atoms with E-state index in [0.29, 0.717) is 44.7 Å². The first kappa shape index (κ1) is 35.7. The van der Waals surface area contributed by atoms with E-state index in [-0.39, 0.29) is 24.2 Å². The lowest BCUT2D eigenvalue weighted by atomic mass is 9.94. The molecule has 10 heteroatoms. The zero-order valence-electron chi connectivity index (χ0n) is 26.9. The van der Waals surface area contributed by atoms with Gasteiger partial charge in [-0.1, -0.05) is 65.7 Å². The molecule has 4 atom stereocenters. The van der Waals surface area contributed by atoms with Crippen molar-refractivity contribution in [2.24, 2.45) is 11.8 Å². The maximum atomic E-state index is 13.7. The van der Waals surface area contributed by atoms with Gasteiger partial charge in [-0.3, -0.25) is 24.1 Å². The van der Waals surface area contributed by atoms with E-state index < -0.39 is 41.5 Å². The number of rotatable bonds is 7. The van der Waals surface area contributed by atoms with Gasteiger partial charge in [0.25, 0.3) is 5.91 Å². The molecular formula is C32H56N4O6. The monoisotopic (exact) mass is 592 g/mol. The fourth-order valence-corrected chi connectivity index (χ4v) is 5.96. The van der Waals surface area contributed by atoms with E-state index in [1.807, 2.05) is 11.8 Å². The van der Waals surface area contributed by atoms with Crippen molar-refractivity contribution in [3.05, 3.63) is 0 Å². The lowest BCUT2D eigenvalue weighted by Gasteiger charge is -2.28. The van der Waals surface area contributed by atoms with Gasteiger partial charge >= 0.3 is 6.09 Å². The van der Waals surface area contributed by atoms with Crippen molar-refractivity contribution in [1.82, 2.24) is 20.9 Å². The molecule has 3 amide bonds. The van der Waals surface area contributed by atoms with Gasteiger partial charge in [-0.05, 0) is 64.7 Å². The Bertz CT molecular complexity index is 915. The Morgan fingerprint density at radius 3 is 2.21 bits per heavy atom. The lowest BCUT2D eigenvalue weighted by molar-refractivity contribution is -0.140. The summed E-state index contributed by atoms with van der Waals surface area (Å²) in [5.74, 6) is -1.11. The number of amides is 3. The summed E-state index contributed by atoms with van der Waals surface area (Å²) in [7, 11) is 0. The number of hydrogen-bond acceptors (Lipinski definition) is 7. The molecule has 2 heterocycles. The molecule has 0 spiro atoms. The first-order chi connectivity index (χ1) is 19.8. The predicted molar refractivity (Wildman–Crippen MR) is 163 cm³/mol. The SMILES string of the molecule is CCCNC(=O)C(=O)[C@@H]1CCCCCCCCC[C@H](NC(=O)OC(C)(C)C)C(=O)CN2C[C@H](CC(C)C)C[C@H]2C(=O)N1. The molecule has 2 fully saturated rings. The lowest BCUT2D eigenvalue weighted by Crippen LogP contribution is -2.54. The van der Waals surface area contributed by atoms with E-state index in [9.17, 15) is 24.0 Å². The number of carbonyl (C=O) groups is 5. The van der Waals surface area contributed by atoms with Crippen LogP contribution >= 0.6 is 0 Å². The minimum absolute atomic E-state index is 0.0166. The highest BCUT2D eigenvalue weighted by Crippen LogP contribution is 2.29. The van der Waals surface area contributed by atoms with Gasteiger partial charge in [0.1, 0.15) is 5.60 Å². The van der Waals surface area contributed by atoms with Gasteiger partial charge in [-0.25, -0.2) is 4.79 Å². The molecule has 0 saturated carbocycles. The Labute approximate surface area is 252 Å². The van der Waals surface area contributed by atoms with Crippen molar-refractivity contribution in [3.63, 3.8) is 0 Å². The summed E-state index contributed by atoms with van der Waals surface area (Å²) in [6.45, 7) is 12.5. The van der Waals surface area contributed by atoms with Crippen LogP contribution in [0.2, 0.25) is 0 Å². The van der Waals surface area contributed by atoms with Crippen molar-refractivity contribution in [1.29, 1.82) is 0 Å². The Morgan fingerprint density at radius 2 is 1.62 bits per heavy atom. The minimum atomic E-state index is -0.895. The number of nitrogens with one attached hydrogen (secondary N) is 3. The van der Waals surface area contributed by atoms with E-state index >= 15 is 0 Å². The van der Waals surface area contributed by atoms with Gasteiger partial charge in [-0.15, -0.1) is 0 Å². The van der Waals surface area contributed by atoms with E-state index in [2.05, 4.69) is 29.8 Å². The summed E-state index contributed by atoms with van der Waals surface area (Å²) in [5, 5.41) is 8.35. The van der Waals surface area contributed by atoms with Crippen LogP contribution in [0.25, 0.3) is 0 Å². The first-order valence-electron chi connectivity index (χ1n) is 16.2. The van der Waals surface area contributed by atoms with Gasteiger partial charge < -0.3 is 20.7 Å². The fraction of sp³-hybridized carbons (Fsp3) is 0.844. The Morgan fingerprint density at radius 1 is 1.00 bits per heavy atom. The molecule has 0 aromatic rings. The standard InChI is InChI=1S/C32H56N4O6/c1-7-17-33-30(40)28(38)25-16-14-12-10-8-9-11-13-15-24(35-31(41)42-32(4,5)6)27(37)21-36-20-23(18-22(2)3)19-26(36)29(39)34-25/h22-26H,7-21H2,1-6H3,(H,33,40)(H,34,39)(H,35,41)/t23-,24+,25+,26+/m1/s1. The van der Waals surface area contributed by atoms with E-state index in [1.54, 1.807) is 20.8 Å². The van der Waals surface area contributed by atoms with Gasteiger partial charge in [0.05, 0.1) is 24.7 Å². The number of ether oxygens (including phenoxy) is 1. The summed E-state index contributed by atoms with van der Waals surface area (Å²) < 4.78 is 5.44. The summed E-state index contributed by atoms with van der Waals surface area (Å²) in [6, 6.07) is -2.20. The Hall–Kier alpha value is -2.49. The molecule has 2 aliphatic heterocycles. The molecule has 3 N–H and O–H groups in total. The van der Waals surface area contributed by atoms with Crippen LogP contribution in [-0.2, 0) is 23.9 Å². The van der Waals surface area contributed by atoms with Gasteiger partial charge in [0.2, 0.25) is 11.7 Å². The van der Waals surface area contributed by atoms with Crippen molar-refractivity contribution in [2.75, 3.05) is 19.6 Å². The van der Waals surface area contributed by atoms with Crippen molar-refractivity contribution < 1.29 is 28.7 Å². The molecule has 240 valence electrons. The van der Waals surface area contributed by atoms with E-state index in [1.165, 1.54) is 0 Å². The number of hydrogen-bond donors (Lipinski definition) is 3. The van der Waals surface area contributed by atoms with Crippen LogP contribution < -0.4 is 16.0 Å². The van der Waals surface area contributed by atoms with Crippen molar-refractivity contribution >= 4 is 29.5 Å². The molecule has 0 aromatic heterocycles. The molecule has 2 rings (SSSR count). The number of alkyl carbamates (subject to hydrolysis) is 1. The summed E-state index contributed by atoms with van der Waals surface area (Å²) in [6.07, 6.45) is 8.91. The molecule has 0 unspecified atom stereocenters. The van der Waals surface area contributed by atoms with E-state index in [4.69, 9.17) is 4.74 Å². The van der Waals surface area contributed by atoms with Crippen LogP contribution in [0.4, 0.5) is 4.79 Å². The summed E-state index contributed by atoms with van der Waals surface area (Å²) in [5.41, 5.74) is -0.687. The molecule has 0 radical (unpaired) electrons. The quantitative estimate of drug-likeness (QED) is 0.376. The van der Waals surface area contributed by atoms with E-state index in [0.717, 1.165) is 51.4 Å². The number of fused-ring (bicyclic) bond motifs is 1. The number of nitrogens with zero attached hydrogens (tertiary/aromatic N) is 1. The summed E-state index contributed by atoms with van der Waals surface area (Å²) in [4.78, 5) is 67.5. The normalized spacial score (nSPS) is 25.7. The van der Waals surface area contributed by atoms with Gasteiger partial charge in [0.15, 0.2) is 5.78 Å². The highest BCUT2D eigenvalue weighted by molar-refractivity contribution is 6.38. The largest absolute Gasteiger partial charge is 0.444 e. The Balaban J connectivity index is 2.29. The molecule has 2 saturated heterocycles. The molecule has 0 bridgehead atoms. The minimum Gasteiger partial charge on any atom is -0.444 e. The topological polar surface area (TPSA) is 134 Å². The first-order valence-corrected chi connectivity index (χ1v) is 16.2. The van der Waals surface area contributed by atoms with Gasteiger partial charge in [-0.2, -0.15) is 0 Å². The third-order valence-corrected chi connectivity index (χ3v) is 7.91. The molecule has 2 aliphatic rings. The molecule has 0 aromatic carbocycles. The number of carbonyl (C=O) groups excluding carboxylic acids is 5.